The zero-order chi connectivity index (χ0) is 21.5. The van der Waals surface area contributed by atoms with Crippen molar-refractivity contribution in [1.82, 2.24) is 25.0 Å². The third-order valence-corrected chi connectivity index (χ3v) is 5.69. The van der Waals surface area contributed by atoms with E-state index in [2.05, 4.69) is 25.6 Å². The summed E-state index contributed by atoms with van der Waals surface area (Å²) < 4.78 is 1.75. The Hall–Kier alpha value is -3.16. The van der Waals surface area contributed by atoms with Crippen LogP contribution in [-0.4, -0.2) is 30.9 Å². The van der Waals surface area contributed by atoms with Gasteiger partial charge in [-0.2, -0.15) is 10.2 Å². The molecule has 1 amide bonds. The number of carbonyl (C=O) groups excluding carboxylic acids is 1. The number of rotatable bonds is 5. The first-order chi connectivity index (χ1) is 15.0. The summed E-state index contributed by atoms with van der Waals surface area (Å²) in [5.74, 6) is 1.44. The first kappa shape index (κ1) is 19.8. The highest BCUT2D eigenvalue weighted by Gasteiger charge is 2.33. The molecule has 0 aliphatic heterocycles. The maximum absolute atomic E-state index is 13.1. The van der Waals surface area contributed by atoms with Crippen molar-refractivity contribution < 1.29 is 4.79 Å². The largest absolute Gasteiger partial charge is 0.322 e. The van der Waals surface area contributed by atoms with Gasteiger partial charge in [0.15, 0.2) is 5.82 Å². The second-order valence-corrected chi connectivity index (χ2v) is 8.34. The Labute approximate surface area is 188 Å². The molecule has 156 valence electrons. The lowest BCUT2D eigenvalue weighted by atomic mass is 10.1. The Morgan fingerprint density at radius 1 is 1.16 bits per heavy atom. The van der Waals surface area contributed by atoms with Gasteiger partial charge in [-0.15, -0.1) is 0 Å². The Kier molecular flexibility index (Phi) is 5.00. The molecule has 0 unspecified atom stereocenters. The summed E-state index contributed by atoms with van der Waals surface area (Å²) in [5.41, 5.74) is 3.67. The van der Waals surface area contributed by atoms with Gasteiger partial charge in [0.25, 0.3) is 5.91 Å². The average Bonchev–Trinajstić information content (AvgIpc) is 3.34. The number of H-pyrrole nitrogens is 1. The number of amides is 1. The van der Waals surface area contributed by atoms with E-state index in [0.717, 1.165) is 29.9 Å². The van der Waals surface area contributed by atoms with Crippen LogP contribution in [0.5, 0.6) is 0 Å². The van der Waals surface area contributed by atoms with Gasteiger partial charge in [0.2, 0.25) is 0 Å². The van der Waals surface area contributed by atoms with Crippen molar-refractivity contribution >= 4 is 34.8 Å². The molecule has 9 heteroatoms. The molecule has 2 aromatic heterocycles. The third-order valence-electron chi connectivity index (χ3n) is 5.15. The molecule has 0 spiro atoms. The number of aromatic nitrogens is 5. The predicted molar refractivity (Wildman–Crippen MR) is 120 cm³/mol. The molecule has 2 heterocycles. The molecule has 0 saturated heterocycles. The number of halogens is 2. The molecule has 2 N–H and O–H groups in total. The zero-order valence-electron chi connectivity index (χ0n) is 16.6. The fraction of sp³-hybridized carbons (Fsp3) is 0.182. The van der Waals surface area contributed by atoms with Crippen molar-refractivity contribution in [2.24, 2.45) is 0 Å². The summed E-state index contributed by atoms with van der Waals surface area (Å²) in [4.78, 5) is 17.4. The first-order valence-corrected chi connectivity index (χ1v) is 10.6. The summed E-state index contributed by atoms with van der Waals surface area (Å²) in [6.45, 7) is 1.85. The fourth-order valence-corrected chi connectivity index (χ4v) is 3.99. The number of aryl methyl sites for hydroxylation is 1. The Morgan fingerprint density at radius 3 is 2.58 bits per heavy atom. The molecule has 7 nitrogen and oxygen atoms in total. The second kappa shape index (κ2) is 7.83. The minimum absolute atomic E-state index is 0.209. The van der Waals surface area contributed by atoms with Crippen molar-refractivity contribution in [2.45, 2.75) is 25.7 Å². The number of hydrogen-bond donors (Lipinski definition) is 2. The molecule has 1 saturated carbocycles. The molecule has 1 aliphatic rings. The number of benzene rings is 2. The van der Waals surface area contributed by atoms with Gasteiger partial charge in [0.1, 0.15) is 5.82 Å². The van der Waals surface area contributed by atoms with Crippen LogP contribution in [0.2, 0.25) is 10.0 Å². The number of nitrogens with zero attached hydrogens (tertiary/aromatic N) is 4. The highest BCUT2D eigenvalue weighted by atomic mass is 35.5. The van der Waals surface area contributed by atoms with E-state index in [-0.39, 0.29) is 11.8 Å². The fourth-order valence-electron chi connectivity index (χ4n) is 3.50. The highest BCUT2D eigenvalue weighted by molar-refractivity contribution is 6.35. The number of carbonyl (C=O) groups is 1. The lowest BCUT2D eigenvalue weighted by Crippen LogP contribution is -2.14. The normalized spacial score (nSPS) is 13.4. The van der Waals surface area contributed by atoms with Gasteiger partial charge in [-0.25, -0.2) is 9.67 Å². The smallest absolute Gasteiger partial charge is 0.259 e. The summed E-state index contributed by atoms with van der Waals surface area (Å²) in [7, 11) is 0. The molecule has 1 fully saturated rings. The minimum atomic E-state index is -0.209. The van der Waals surface area contributed by atoms with Crippen molar-refractivity contribution in [3.63, 3.8) is 0 Å². The van der Waals surface area contributed by atoms with Crippen molar-refractivity contribution in [3.8, 4) is 17.1 Å². The predicted octanol–water partition coefficient (Wildman–Crippen LogP) is 5.40. The van der Waals surface area contributed by atoms with Gasteiger partial charge < -0.3 is 5.32 Å². The molecule has 0 radical (unpaired) electrons. The number of hydrogen-bond acceptors (Lipinski definition) is 4. The second-order valence-electron chi connectivity index (χ2n) is 7.50. The van der Waals surface area contributed by atoms with E-state index < -0.39 is 0 Å². The molecule has 0 atom stereocenters. The standard InChI is InChI=1S/C22H18Cl2N6O/c1-12-26-21(29-28-12)14-4-7-16(8-5-14)27-22(31)17-11-25-30(20(17)13-2-3-13)19-9-6-15(23)10-18(19)24/h4-11,13H,2-3H2,1H3,(H,27,31)(H,26,28,29). The van der Waals surface area contributed by atoms with E-state index >= 15 is 0 Å². The first-order valence-electron chi connectivity index (χ1n) is 9.84. The summed E-state index contributed by atoms with van der Waals surface area (Å²) in [6, 6.07) is 12.7. The molecular formula is C22H18Cl2N6O. The van der Waals surface area contributed by atoms with Crippen molar-refractivity contribution in [3.05, 3.63) is 75.8 Å². The summed E-state index contributed by atoms with van der Waals surface area (Å²) in [6.07, 6.45) is 3.63. The van der Waals surface area contributed by atoms with E-state index in [1.165, 1.54) is 0 Å². The van der Waals surface area contributed by atoms with Crippen molar-refractivity contribution in [2.75, 3.05) is 5.32 Å². The number of aromatic amines is 1. The van der Waals surface area contributed by atoms with Gasteiger partial charge in [-0.1, -0.05) is 23.2 Å². The molecular weight excluding hydrogens is 435 g/mol. The van der Waals surface area contributed by atoms with Crippen LogP contribution in [0, 0.1) is 6.92 Å². The van der Waals surface area contributed by atoms with Crippen LogP contribution in [0.15, 0.2) is 48.7 Å². The average molecular weight is 453 g/mol. The Morgan fingerprint density at radius 2 is 1.94 bits per heavy atom. The SMILES string of the molecule is Cc1nc(-c2ccc(NC(=O)c3cnn(-c4ccc(Cl)cc4Cl)c3C3CC3)cc2)n[nH]1. The van der Waals surface area contributed by atoms with E-state index in [1.807, 2.05) is 37.3 Å². The summed E-state index contributed by atoms with van der Waals surface area (Å²) in [5, 5.41) is 15.4. The maximum atomic E-state index is 13.1. The third kappa shape index (κ3) is 3.94. The van der Waals surface area contributed by atoms with Gasteiger partial charge in [-0.05, 0) is 62.2 Å². The van der Waals surface area contributed by atoms with Gasteiger partial charge >= 0.3 is 0 Å². The van der Waals surface area contributed by atoms with Crippen LogP contribution in [0.4, 0.5) is 5.69 Å². The monoisotopic (exact) mass is 452 g/mol. The molecule has 0 bridgehead atoms. The van der Waals surface area contributed by atoms with Crippen LogP contribution in [0.3, 0.4) is 0 Å². The van der Waals surface area contributed by atoms with Crippen LogP contribution >= 0.6 is 23.2 Å². The Balaban J connectivity index is 1.41. The molecule has 2 aromatic carbocycles. The van der Waals surface area contributed by atoms with Gasteiger partial charge in [-0.3, -0.25) is 9.89 Å². The van der Waals surface area contributed by atoms with E-state index in [9.17, 15) is 4.79 Å². The lowest BCUT2D eigenvalue weighted by molar-refractivity contribution is 0.102. The van der Waals surface area contributed by atoms with Crippen LogP contribution in [0.25, 0.3) is 17.1 Å². The van der Waals surface area contributed by atoms with Gasteiger partial charge in [0.05, 0.1) is 28.2 Å². The van der Waals surface area contributed by atoms with Crippen LogP contribution in [-0.2, 0) is 0 Å². The lowest BCUT2D eigenvalue weighted by Gasteiger charge is -2.11. The van der Waals surface area contributed by atoms with Gasteiger partial charge in [0, 0.05) is 22.2 Å². The highest BCUT2D eigenvalue weighted by Crippen LogP contribution is 2.43. The number of nitrogens with one attached hydrogen (secondary N) is 2. The van der Waals surface area contributed by atoms with E-state index in [4.69, 9.17) is 23.2 Å². The zero-order valence-corrected chi connectivity index (χ0v) is 18.1. The summed E-state index contributed by atoms with van der Waals surface area (Å²) >= 11 is 12.4. The Bertz CT molecular complexity index is 1270. The van der Waals surface area contributed by atoms with Crippen LogP contribution < -0.4 is 5.32 Å². The topological polar surface area (TPSA) is 88.5 Å². The van der Waals surface area contributed by atoms with E-state index in [0.29, 0.717) is 32.8 Å². The molecule has 4 aromatic rings. The maximum Gasteiger partial charge on any atom is 0.259 e. The van der Waals surface area contributed by atoms with Crippen LogP contribution in [0.1, 0.15) is 40.6 Å². The molecule has 5 rings (SSSR count). The van der Waals surface area contributed by atoms with Crippen molar-refractivity contribution in [1.29, 1.82) is 0 Å². The number of anilines is 1. The minimum Gasteiger partial charge on any atom is -0.322 e. The molecule has 1 aliphatic carbocycles. The molecule has 31 heavy (non-hydrogen) atoms. The van der Waals surface area contributed by atoms with E-state index in [1.54, 1.807) is 23.0 Å². The quantitative estimate of drug-likeness (QED) is 0.423.